The largest absolute Gasteiger partial charge is 0.497 e. The van der Waals surface area contributed by atoms with Gasteiger partial charge in [0.2, 0.25) is 0 Å². The first-order valence-corrected chi connectivity index (χ1v) is 12.0. The van der Waals surface area contributed by atoms with Crippen LogP contribution in [0, 0.1) is 5.82 Å². The summed E-state index contributed by atoms with van der Waals surface area (Å²) in [6.45, 7) is 0. The first kappa shape index (κ1) is 23.8. The molecule has 0 heterocycles. The zero-order chi connectivity index (χ0) is 24.8. The average Bonchev–Trinajstić information content (AvgIpc) is 2.86. The molecule has 0 spiro atoms. The molecule has 0 aromatic heterocycles. The minimum absolute atomic E-state index is 0.0698. The van der Waals surface area contributed by atoms with E-state index in [9.17, 15) is 17.6 Å². The van der Waals surface area contributed by atoms with Gasteiger partial charge in [-0.2, -0.15) is 0 Å². The van der Waals surface area contributed by atoms with Crippen molar-refractivity contribution in [2.75, 3.05) is 22.5 Å². The normalized spacial score (nSPS) is 10.9. The Kier molecular flexibility index (Phi) is 6.98. The lowest BCUT2D eigenvalue weighted by atomic mass is 10.1. The number of methoxy groups -OCH3 is 1. The van der Waals surface area contributed by atoms with Crippen molar-refractivity contribution in [3.63, 3.8) is 0 Å². The molecule has 0 aliphatic carbocycles. The second-order valence-corrected chi connectivity index (χ2v) is 9.21. The van der Waals surface area contributed by atoms with E-state index in [-0.39, 0.29) is 10.7 Å². The van der Waals surface area contributed by atoms with E-state index in [1.807, 2.05) is 0 Å². The second kappa shape index (κ2) is 10.3. The van der Waals surface area contributed by atoms with E-state index >= 15 is 0 Å². The van der Waals surface area contributed by atoms with Gasteiger partial charge in [-0.25, -0.2) is 17.6 Å². The Morgan fingerprint density at radius 2 is 1.31 bits per heavy atom. The number of benzene rings is 4. The van der Waals surface area contributed by atoms with E-state index in [1.165, 1.54) is 24.3 Å². The van der Waals surface area contributed by atoms with Gasteiger partial charge in [-0.05, 0) is 83.9 Å². The van der Waals surface area contributed by atoms with E-state index in [0.29, 0.717) is 33.9 Å². The molecule has 0 fully saturated rings. The van der Waals surface area contributed by atoms with Gasteiger partial charge in [0.1, 0.15) is 11.6 Å². The van der Waals surface area contributed by atoms with Crippen LogP contribution in [0.1, 0.15) is 0 Å². The molecule has 0 radical (unpaired) electrons. The number of hydrogen-bond donors (Lipinski definition) is 3. The number of hydrogen-bond acceptors (Lipinski definition) is 4. The van der Waals surface area contributed by atoms with Crippen LogP contribution in [-0.2, 0) is 10.0 Å². The first-order chi connectivity index (χ1) is 16.8. The Hall–Kier alpha value is -4.37. The predicted octanol–water partition coefficient (Wildman–Crippen LogP) is 5.95. The predicted molar refractivity (Wildman–Crippen MR) is 135 cm³/mol. The van der Waals surface area contributed by atoms with Crippen LogP contribution < -0.4 is 20.1 Å². The average molecular weight is 492 g/mol. The monoisotopic (exact) mass is 491 g/mol. The van der Waals surface area contributed by atoms with Crippen molar-refractivity contribution < 1.29 is 22.3 Å². The quantitative estimate of drug-likeness (QED) is 0.298. The first-order valence-electron chi connectivity index (χ1n) is 10.5. The summed E-state index contributed by atoms with van der Waals surface area (Å²) in [6.07, 6.45) is 0. The lowest BCUT2D eigenvalue weighted by Crippen LogP contribution is -2.19. The van der Waals surface area contributed by atoms with Crippen molar-refractivity contribution in [1.82, 2.24) is 0 Å². The van der Waals surface area contributed by atoms with Gasteiger partial charge in [0.15, 0.2) is 0 Å². The van der Waals surface area contributed by atoms with Crippen LogP contribution in [0.5, 0.6) is 5.75 Å². The molecule has 35 heavy (non-hydrogen) atoms. The molecule has 7 nitrogen and oxygen atoms in total. The Bertz CT molecular complexity index is 1420. The smallest absolute Gasteiger partial charge is 0.323 e. The Morgan fingerprint density at radius 1 is 0.743 bits per heavy atom. The molecular formula is C26H22FN3O4S. The summed E-state index contributed by atoms with van der Waals surface area (Å²) in [6, 6.07) is 24.9. The maximum Gasteiger partial charge on any atom is 0.323 e. The molecule has 3 N–H and O–H groups in total. The van der Waals surface area contributed by atoms with Gasteiger partial charge >= 0.3 is 6.03 Å². The van der Waals surface area contributed by atoms with Gasteiger partial charge < -0.3 is 15.4 Å². The molecule has 4 rings (SSSR count). The van der Waals surface area contributed by atoms with Crippen LogP contribution >= 0.6 is 0 Å². The SMILES string of the molecule is COc1ccc(NC(=O)Nc2ccc(NS(=O)(=O)c3cccc(-c4ccc(F)cc4)c3)cc2)cc1. The molecule has 0 saturated carbocycles. The molecule has 4 aromatic rings. The summed E-state index contributed by atoms with van der Waals surface area (Å²) in [5.41, 5.74) is 2.76. The van der Waals surface area contributed by atoms with Crippen LogP contribution in [0.2, 0.25) is 0 Å². The van der Waals surface area contributed by atoms with Crippen LogP contribution in [0.4, 0.5) is 26.2 Å². The van der Waals surface area contributed by atoms with Crippen molar-refractivity contribution in [3.05, 3.63) is 103 Å². The third-order valence-corrected chi connectivity index (χ3v) is 6.44. The molecule has 0 bridgehead atoms. The molecule has 0 unspecified atom stereocenters. The number of carbonyl (C=O) groups is 1. The summed E-state index contributed by atoms with van der Waals surface area (Å²) in [4.78, 5) is 12.3. The number of carbonyl (C=O) groups excluding carboxylic acids is 1. The minimum atomic E-state index is -3.87. The van der Waals surface area contributed by atoms with E-state index in [2.05, 4.69) is 15.4 Å². The van der Waals surface area contributed by atoms with E-state index < -0.39 is 16.1 Å². The summed E-state index contributed by atoms with van der Waals surface area (Å²) >= 11 is 0. The standard InChI is InChI=1S/C26H22FN3O4S/c1-34-24-15-13-22(14-16-24)29-26(31)28-21-9-11-23(12-10-21)30-35(32,33)25-4-2-3-19(17-25)18-5-7-20(27)8-6-18/h2-17,30H,1H3,(H2,28,29,31). The molecule has 0 atom stereocenters. The van der Waals surface area contributed by atoms with Gasteiger partial charge in [-0.1, -0.05) is 24.3 Å². The van der Waals surface area contributed by atoms with Crippen LogP contribution in [0.25, 0.3) is 11.1 Å². The molecule has 0 aliphatic rings. The fraction of sp³-hybridized carbons (Fsp3) is 0.0385. The Labute approximate surface area is 202 Å². The number of rotatable bonds is 7. The number of anilines is 3. The highest BCUT2D eigenvalue weighted by molar-refractivity contribution is 7.92. The summed E-state index contributed by atoms with van der Waals surface area (Å²) in [5.74, 6) is 0.312. The van der Waals surface area contributed by atoms with Crippen LogP contribution in [0.15, 0.2) is 102 Å². The summed E-state index contributed by atoms with van der Waals surface area (Å²) < 4.78 is 46.6. The number of halogens is 1. The Balaban J connectivity index is 1.40. The maximum absolute atomic E-state index is 13.2. The zero-order valence-corrected chi connectivity index (χ0v) is 19.5. The zero-order valence-electron chi connectivity index (χ0n) is 18.7. The second-order valence-electron chi connectivity index (χ2n) is 7.53. The summed E-state index contributed by atoms with van der Waals surface area (Å²) in [5, 5.41) is 5.39. The van der Waals surface area contributed by atoms with Gasteiger partial charge in [0.05, 0.1) is 12.0 Å². The number of nitrogens with one attached hydrogen (secondary N) is 3. The number of sulfonamides is 1. The van der Waals surface area contributed by atoms with Crippen molar-refractivity contribution in [1.29, 1.82) is 0 Å². The molecule has 4 aromatic carbocycles. The van der Waals surface area contributed by atoms with Gasteiger partial charge in [0, 0.05) is 17.1 Å². The third-order valence-electron chi connectivity index (χ3n) is 5.06. The number of urea groups is 1. The third kappa shape index (κ3) is 6.15. The fourth-order valence-electron chi connectivity index (χ4n) is 3.29. The molecular weight excluding hydrogens is 469 g/mol. The topological polar surface area (TPSA) is 96.5 Å². The lowest BCUT2D eigenvalue weighted by Gasteiger charge is -2.11. The molecule has 2 amide bonds. The maximum atomic E-state index is 13.2. The highest BCUT2D eigenvalue weighted by atomic mass is 32.2. The molecule has 178 valence electrons. The molecule has 9 heteroatoms. The number of ether oxygens (including phenoxy) is 1. The molecule has 0 saturated heterocycles. The van der Waals surface area contributed by atoms with E-state index in [4.69, 9.17) is 4.74 Å². The van der Waals surface area contributed by atoms with Gasteiger partial charge in [-0.3, -0.25) is 4.72 Å². The van der Waals surface area contributed by atoms with Crippen molar-refractivity contribution >= 4 is 33.1 Å². The Morgan fingerprint density at radius 3 is 1.91 bits per heavy atom. The van der Waals surface area contributed by atoms with Crippen molar-refractivity contribution in [3.8, 4) is 16.9 Å². The van der Waals surface area contributed by atoms with Gasteiger partial charge in [-0.15, -0.1) is 0 Å². The van der Waals surface area contributed by atoms with Crippen LogP contribution in [0.3, 0.4) is 0 Å². The van der Waals surface area contributed by atoms with E-state index in [0.717, 1.165) is 0 Å². The molecule has 0 aliphatic heterocycles. The highest BCUT2D eigenvalue weighted by Crippen LogP contribution is 2.25. The fourth-order valence-corrected chi connectivity index (χ4v) is 4.39. The van der Waals surface area contributed by atoms with E-state index in [1.54, 1.807) is 79.9 Å². The number of amides is 2. The van der Waals surface area contributed by atoms with Crippen molar-refractivity contribution in [2.24, 2.45) is 0 Å². The highest BCUT2D eigenvalue weighted by Gasteiger charge is 2.15. The minimum Gasteiger partial charge on any atom is -0.497 e. The summed E-state index contributed by atoms with van der Waals surface area (Å²) in [7, 11) is -2.31. The van der Waals surface area contributed by atoms with Gasteiger partial charge in [0.25, 0.3) is 10.0 Å². The lowest BCUT2D eigenvalue weighted by molar-refractivity contribution is 0.262. The van der Waals surface area contributed by atoms with Crippen LogP contribution in [-0.4, -0.2) is 21.6 Å². The van der Waals surface area contributed by atoms with Crippen molar-refractivity contribution in [2.45, 2.75) is 4.90 Å².